The first-order valence-electron chi connectivity index (χ1n) is 13.3. The van der Waals surface area contributed by atoms with E-state index in [2.05, 4.69) is 5.32 Å². The highest BCUT2D eigenvalue weighted by molar-refractivity contribution is 7.89. The number of hydrogen-bond acceptors (Lipinski definition) is 8. The predicted octanol–water partition coefficient (Wildman–Crippen LogP) is 1.83. The SMILES string of the molecule is COc1ccc(N(C)C(=O)C(Cc2ccccc2)NC(=O)CN2CCN(S(=O)(=O)c3ccccc3[N+](=O)[O-])CC2=O)cc1. The molecule has 226 valence electrons. The number of methoxy groups -OCH3 is 1. The minimum Gasteiger partial charge on any atom is -0.497 e. The molecule has 1 aliphatic rings. The van der Waals surface area contributed by atoms with Gasteiger partial charge in [0, 0.05) is 38.3 Å². The van der Waals surface area contributed by atoms with Gasteiger partial charge in [0.15, 0.2) is 4.90 Å². The molecule has 1 fully saturated rings. The lowest BCUT2D eigenvalue weighted by Crippen LogP contribution is -2.56. The van der Waals surface area contributed by atoms with Crippen LogP contribution in [-0.2, 0) is 30.8 Å². The number of ether oxygens (including phenoxy) is 1. The van der Waals surface area contributed by atoms with Crippen molar-refractivity contribution in [2.75, 3.05) is 45.2 Å². The van der Waals surface area contributed by atoms with Crippen molar-refractivity contribution < 1.29 is 32.5 Å². The second-order valence-corrected chi connectivity index (χ2v) is 11.7. The molecule has 0 bridgehead atoms. The highest BCUT2D eigenvalue weighted by Gasteiger charge is 2.37. The second-order valence-electron chi connectivity index (χ2n) is 9.78. The third-order valence-electron chi connectivity index (χ3n) is 7.00. The van der Waals surface area contributed by atoms with Gasteiger partial charge in [-0.2, -0.15) is 4.31 Å². The van der Waals surface area contributed by atoms with Gasteiger partial charge in [-0.1, -0.05) is 42.5 Å². The lowest BCUT2D eigenvalue weighted by molar-refractivity contribution is -0.387. The molecule has 3 amide bonds. The van der Waals surface area contributed by atoms with Gasteiger partial charge < -0.3 is 19.9 Å². The Morgan fingerprint density at radius 2 is 1.67 bits per heavy atom. The molecule has 13 nitrogen and oxygen atoms in total. The van der Waals surface area contributed by atoms with Gasteiger partial charge in [0.1, 0.15) is 11.8 Å². The first-order valence-corrected chi connectivity index (χ1v) is 14.7. The molecule has 1 unspecified atom stereocenters. The topological polar surface area (TPSA) is 159 Å². The molecule has 1 aliphatic heterocycles. The van der Waals surface area contributed by atoms with Gasteiger partial charge in [-0.15, -0.1) is 0 Å². The molecule has 1 N–H and O–H groups in total. The summed E-state index contributed by atoms with van der Waals surface area (Å²) in [4.78, 5) is 52.2. The van der Waals surface area contributed by atoms with Crippen molar-refractivity contribution >= 4 is 39.1 Å². The van der Waals surface area contributed by atoms with E-state index >= 15 is 0 Å². The summed E-state index contributed by atoms with van der Waals surface area (Å²) in [7, 11) is -1.21. The van der Waals surface area contributed by atoms with E-state index < -0.39 is 56.5 Å². The fourth-order valence-corrected chi connectivity index (χ4v) is 6.19. The van der Waals surface area contributed by atoms with E-state index in [1.807, 2.05) is 30.3 Å². The van der Waals surface area contributed by atoms with Crippen molar-refractivity contribution in [1.29, 1.82) is 0 Å². The Hall–Kier alpha value is -4.82. The Balaban J connectivity index is 1.44. The molecule has 0 saturated carbocycles. The van der Waals surface area contributed by atoms with Crippen molar-refractivity contribution in [2.24, 2.45) is 0 Å². The summed E-state index contributed by atoms with van der Waals surface area (Å²) in [5, 5.41) is 14.1. The molecule has 4 rings (SSSR count). The number of benzene rings is 3. The number of likely N-dealkylation sites (N-methyl/N-ethyl adjacent to an activating group) is 1. The molecule has 1 atom stereocenters. The number of nitro groups is 1. The highest BCUT2D eigenvalue weighted by atomic mass is 32.2. The van der Waals surface area contributed by atoms with Crippen LogP contribution in [-0.4, -0.2) is 86.6 Å². The van der Waals surface area contributed by atoms with Crippen LogP contribution in [0.2, 0.25) is 0 Å². The van der Waals surface area contributed by atoms with Crippen LogP contribution >= 0.6 is 0 Å². The summed E-state index contributed by atoms with van der Waals surface area (Å²) in [5.41, 5.74) is 0.809. The van der Waals surface area contributed by atoms with Gasteiger partial charge in [-0.25, -0.2) is 8.42 Å². The molecule has 0 aliphatic carbocycles. The van der Waals surface area contributed by atoms with Gasteiger partial charge in [-0.05, 0) is 35.9 Å². The van der Waals surface area contributed by atoms with Crippen LogP contribution in [0, 0.1) is 10.1 Å². The van der Waals surface area contributed by atoms with Gasteiger partial charge in [0.2, 0.25) is 27.7 Å². The first-order chi connectivity index (χ1) is 20.5. The number of anilines is 1. The van der Waals surface area contributed by atoms with Crippen LogP contribution in [0.15, 0.2) is 83.8 Å². The van der Waals surface area contributed by atoms with Crippen LogP contribution in [0.1, 0.15) is 5.56 Å². The maximum atomic E-state index is 13.5. The third kappa shape index (κ3) is 7.34. The Morgan fingerprint density at radius 1 is 1.02 bits per heavy atom. The van der Waals surface area contributed by atoms with E-state index in [1.165, 1.54) is 29.0 Å². The van der Waals surface area contributed by atoms with Gasteiger partial charge in [0.05, 0.1) is 25.1 Å². The number of nitrogens with zero attached hydrogens (tertiary/aromatic N) is 4. The molecule has 0 spiro atoms. The molecule has 14 heteroatoms. The van der Waals surface area contributed by atoms with E-state index in [9.17, 15) is 32.9 Å². The molecule has 3 aromatic carbocycles. The summed E-state index contributed by atoms with van der Waals surface area (Å²) in [6.07, 6.45) is 0.196. The minimum absolute atomic E-state index is 0.116. The molecule has 1 saturated heterocycles. The fraction of sp³-hybridized carbons (Fsp3) is 0.276. The van der Waals surface area contributed by atoms with Crippen molar-refractivity contribution in [1.82, 2.24) is 14.5 Å². The molecule has 1 heterocycles. The largest absolute Gasteiger partial charge is 0.497 e. The van der Waals surface area contributed by atoms with Crippen LogP contribution in [0.5, 0.6) is 5.75 Å². The van der Waals surface area contributed by atoms with Crippen molar-refractivity contribution in [2.45, 2.75) is 17.4 Å². The summed E-state index contributed by atoms with van der Waals surface area (Å²) >= 11 is 0. The molecule has 0 radical (unpaired) electrons. The number of nitro benzene ring substituents is 1. The number of amides is 3. The van der Waals surface area contributed by atoms with E-state index in [4.69, 9.17) is 4.74 Å². The van der Waals surface area contributed by atoms with Crippen molar-refractivity contribution in [3.05, 3.63) is 94.5 Å². The molecule has 3 aromatic rings. The summed E-state index contributed by atoms with van der Waals surface area (Å²) in [6.45, 7) is -1.27. The van der Waals surface area contributed by atoms with Gasteiger partial charge in [0.25, 0.3) is 5.69 Å². The normalized spacial score (nSPS) is 14.6. The quantitative estimate of drug-likeness (QED) is 0.255. The number of hydrogen-bond donors (Lipinski definition) is 1. The zero-order chi connectivity index (χ0) is 31.1. The Labute approximate surface area is 248 Å². The number of carbonyl (C=O) groups is 3. The monoisotopic (exact) mass is 609 g/mol. The fourth-order valence-electron chi connectivity index (χ4n) is 4.65. The van der Waals surface area contributed by atoms with Crippen LogP contribution in [0.3, 0.4) is 0 Å². The molecule has 0 aromatic heterocycles. The number of para-hydroxylation sites is 1. The standard InChI is InChI=1S/C29H31N5O8S/c1-31(22-12-14-23(42-2)15-13-22)29(37)24(18-21-8-4-3-5-9-21)30-27(35)19-32-16-17-33(20-28(32)36)43(40,41)26-11-7-6-10-25(26)34(38)39/h3-15,24H,16-20H2,1-2H3,(H,30,35). The maximum absolute atomic E-state index is 13.5. The van der Waals surface area contributed by atoms with E-state index in [0.717, 1.165) is 22.0 Å². The van der Waals surface area contributed by atoms with E-state index in [-0.39, 0.29) is 25.4 Å². The molecular formula is C29H31N5O8S. The van der Waals surface area contributed by atoms with Crippen molar-refractivity contribution in [3.63, 3.8) is 0 Å². The number of nitrogens with one attached hydrogen (secondary N) is 1. The Morgan fingerprint density at radius 3 is 2.30 bits per heavy atom. The zero-order valence-corrected chi connectivity index (χ0v) is 24.4. The number of piperazine rings is 1. The van der Waals surface area contributed by atoms with Crippen LogP contribution in [0.25, 0.3) is 0 Å². The van der Waals surface area contributed by atoms with Crippen molar-refractivity contribution in [3.8, 4) is 5.75 Å². The molecule has 43 heavy (non-hydrogen) atoms. The highest BCUT2D eigenvalue weighted by Crippen LogP contribution is 2.27. The first kappa shape index (κ1) is 31.1. The van der Waals surface area contributed by atoms with Gasteiger partial charge >= 0.3 is 0 Å². The lowest BCUT2D eigenvalue weighted by atomic mass is 10.0. The van der Waals surface area contributed by atoms with Gasteiger partial charge in [-0.3, -0.25) is 24.5 Å². The second kappa shape index (κ2) is 13.4. The minimum atomic E-state index is -4.34. The number of rotatable bonds is 11. The Bertz CT molecular complexity index is 1600. The third-order valence-corrected chi connectivity index (χ3v) is 8.90. The van der Waals surface area contributed by atoms with E-state index in [0.29, 0.717) is 11.4 Å². The Kier molecular flexibility index (Phi) is 9.73. The lowest BCUT2D eigenvalue weighted by Gasteiger charge is -2.33. The van der Waals surface area contributed by atoms with Crippen LogP contribution < -0.4 is 15.0 Å². The maximum Gasteiger partial charge on any atom is 0.289 e. The average Bonchev–Trinajstić information content (AvgIpc) is 3.01. The molecular weight excluding hydrogens is 578 g/mol. The zero-order valence-electron chi connectivity index (χ0n) is 23.6. The van der Waals surface area contributed by atoms with E-state index in [1.54, 1.807) is 31.3 Å². The summed E-state index contributed by atoms with van der Waals surface area (Å²) < 4.78 is 32.3. The smallest absolute Gasteiger partial charge is 0.289 e. The summed E-state index contributed by atoms with van der Waals surface area (Å²) in [6, 6.07) is 20.0. The van der Waals surface area contributed by atoms with Crippen LogP contribution in [0.4, 0.5) is 11.4 Å². The number of sulfonamides is 1. The number of carbonyl (C=O) groups excluding carboxylic acids is 3. The predicted molar refractivity (Wildman–Crippen MR) is 157 cm³/mol. The summed E-state index contributed by atoms with van der Waals surface area (Å²) in [5.74, 6) is -1.00. The average molecular weight is 610 g/mol.